The smallest absolute Gasteiger partial charge is 0.225 e. The Hall–Kier alpha value is -2.51. The van der Waals surface area contributed by atoms with Gasteiger partial charge in [-0.3, -0.25) is 0 Å². The Labute approximate surface area is 165 Å². The fourth-order valence-electron chi connectivity index (χ4n) is 3.62. The first-order valence-electron chi connectivity index (χ1n) is 9.50. The number of sulfonamides is 1. The molecule has 0 radical (unpaired) electrons. The molecule has 0 bridgehead atoms. The van der Waals surface area contributed by atoms with Crippen LogP contribution in [0.5, 0.6) is 0 Å². The van der Waals surface area contributed by atoms with Gasteiger partial charge in [0, 0.05) is 31.4 Å². The summed E-state index contributed by atoms with van der Waals surface area (Å²) in [6, 6.07) is 16.6. The van der Waals surface area contributed by atoms with Crippen LogP contribution < -0.4 is 9.62 Å². The molecule has 1 N–H and O–H groups in total. The summed E-state index contributed by atoms with van der Waals surface area (Å²) in [6.45, 7) is 2.17. The second kappa shape index (κ2) is 7.85. The van der Waals surface area contributed by atoms with Gasteiger partial charge in [-0.15, -0.1) is 0 Å². The van der Waals surface area contributed by atoms with Crippen LogP contribution in [0.1, 0.15) is 12.8 Å². The summed E-state index contributed by atoms with van der Waals surface area (Å²) in [5.41, 5.74) is 1.99. The van der Waals surface area contributed by atoms with Gasteiger partial charge in [-0.2, -0.15) is 0 Å². The lowest BCUT2D eigenvalue weighted by Gasteiger charge is -2.32. The van der Waals surface area contributed by atoms with Gasteiger partial charge in [0.1, 0.15) is 0 Å². The predicted octanol–water partition coefficient (Wildman–Crippen LogP) is 3.06. The lowest BCUT2D eigenvalue weighted by atomic mass is 9.97. The van der Waals surface area contributed by atoms with Gasteiger partial charge in [0.25, 0.3) is 0 Å². The Morgan fingerprint density at radius 2 is 1.82 bits per heavy atom. The van der Waals surface area contributed by atoms with Gasteiger partial charge in [-0.1, -0.05) is 36.4 Å². The minimum atomic E-state index is -3.13. The molecule has 0 unspecified atom stereocenters. The lowest BCUT2D eigenvalue weighted by molar-refractivity contribution is 0.399. The Morgan fingerprint density at radius 1 is 1.07 bits per heavy atom. The third-order valence-corrected chi connectivity index (χ3v) is 5.91. The van der Waals surface area contributed by atoms with Crippen LogP contribution in [0.3, 0.4) is 0 Å². The average Bonchev–Trinajstić information content (AvgIpc) is 2.72. The van der Waals surface area contributed by atoms with Crippen molar-refractivity contribution in [3.05, 3.63) is 54.7 Å². The number of nitrogens with one attached hydrogen (secondary N) is 1. The first kappa shape index (κ1) is 18.8. The SMILES string of the molecule is CS(=O)(=O)NCC1CCN(c2nccc(-c3ccc4ccccc4c3)n2)CC1. The molecular formula is C21H24N4O2S. The van der Waals surface area contributed by atoms with Crippen LogP contribution in [-0.4, -0.2) is 44.3 Å². The molecule has 3 aromatic rings. The van der Waals surface area contributed by atoms with Gasteiger partial charge in [-0.25, -0.2) is 23.1 Å². The summed E-state index contributed by atoms with van der Waals surface area (Å²) in [7, 11) is -3.13. The zero-order valence-electron chi connectivity index (χ0n) is 15.9. The second-order valence-corrected chi connectivity index (χ2v) is 9.19. The van der Waals surface area contributed by atoms with Gasteiger partial charge in [0.15, 0.2) is 0 Å². The number of fused-ring (bicyclic) bond motifs is 1. The number of piperidine rings is 1. The quantitative estimate of drug-likeness (QED) is 0.717. The first-order chi connectivity index (χ1) is 13.5. The van der Waals surface area contributed by atoms with E-state index in [-0.39, 0.29) is 0 Å². The number of rotatable bonds is 5. The number of anilines is 1. The first-order valence-corrected chi connectivity index (χ1v) is 11.4. The maximum absolute atomic E-state index is 11.3. The average molecular weight is 397 g/mol. The molecule has 1 fully saturated rings. The van der Waals surface area contributed by atoms with Crippen molar-refractivity contribution in [2.75, 3.05) is 30.8 Å². The molecule has 2 aromatic carbocycles. The number of hydrogen-bond acceptors (Lipinski definition) is 5. The van der Waals surface area contributed by atoms with Gasteiger partial charge in [0.2, 0.25) is 16.0 Å². The van der Waals surface area contributed by atoms with E-state index < -0.39 is 10.0 Å². The van der Waals surface area contributed by atoms with Crippen molar-refractivity contribution in [2.45, 2.75) is 12.8 Å². The zero-order valence-corrected chi connectivity index (χ0v) is 16.7. The largest absolute Gasteiger partial charge is 0.341 e. The minimum absolute atomic E-state index is 0.356. The van der Waals surface area contributed by atoms with E-state index in [0.29, 0.717) is 12.5 Å². The molecule has 6 nitrogen and oxygen atoms in total. The molecule has 4 rings (SSSR count). The number of aromatic nitrogens is 2. The molecule has 1 aliphatic heterocycles. The fourth-order valence-corrected chi connectivity index (χ4v) is 4.15. The number of hydrogen-bond donors (Lipinski definition) is 1. The molecule has 28 heavy (non-hydrogen) atoms. The highest BCUT2D eigenvalue weighted by molar-refractivity contribution is 7.88. The second-order valence-electron chi connectivity index (χ2n) is 7.35. The molecule has 0 saturated carbocycles. The zero-order chi connectivity index (χ0) is 19.6. The minimum Gasteiger partial charge on any atom is -0.341 e. The van der Waals surface area contributed by atoms with E-state index in [0.717, 1.165) is 43.1 Å². The molecule has 1 saturated heterocycles. The number of benzene rings is 2. The van der Waals surface area contributed by atoms with Crippen molar-refractivity contribution in [1.82, 2.24) is 14.7 Å². The van der Waals surface area contributed by atoms with E-state index >= 15 is 0 Å². The van der Waals surface area contributed by atoms with E-state index in [1.54, 1.807) is 0 Å². The molecule has 1 aromatic heterocycles. The molecule has 0 aliphatic carbocycles. The predicted molar refractivity (Wildman–Crippen MR) is 113 cm³/mol. The van der Waals surface area contributed by atoms with Crippen molar-refractivity contribution in [3.8, 4) is 11.3 Å². The van der Waals surface area contributed by atoms with Crippen LogP contribution in [0.2, 0.25) is 0 Å². The van der Waals surface area contributed by atoms with Gasteiger partial charge in [0.05, 0.1) is 11.9 Å². The lowest BCUT2D eigenvalue weighted by Crippen LogP contribution is -2.39. The highest BCUT2D eigenvalue weighted by Crippen LogP contribution is 2.25. The van der Waals surface area contributed by atoms with Crippen molar-refractivity contribution >= 4 is 26.7 Å². The van der Waals surface area contributed by atoms with Crippen molar-refractivity contribution in [3.63, 3.8) is 0 Å². The Morgan fingerprint density at radius 3 is 2.57 bits per heavy atom. The molecule has 2 heterocycles. The van der Waals surface area contributed by atoms with E-state index in [1.807, 2.05) is 24.4 Å². The number of nitrogens with zero attached hydrogens (tertiary/aromatic N) is 3. The third kappa shape index (κ3) is 4.48. The summed E-state index contributed by atoms with van der Waals surface area (Å²) < 4.78 is 25.2. The highest BCUT2D eigenvalue weighted by atomic mass is 32.2. The van der Waals surface area contributed by atoms with Gasteiger partial charge < -0.3 is 4.90 Å². The van der Waals surface area contributed by atoms with Gasteiger partial charge in [-0.05, 0) is 41.7 Å². The van der Waals surface area contributed by atoms with E-state index in [1.165, 1.54) is 17.0 Å². The van der Waals surface area contributed by atoms with Crippen LogP contribution >= 0.6 is 0 Å². The Balaban J connectivity index is 1.47. The molecule has 1 aliphatic rings. The van der Waals surface area contributed by atoms with Crippen LogP contribution in [0, 0.1) is 5.92 Å². The molecule has 0 amide bonds. The normalized spacial score (nSPS) is 15.8. The van der Waals surface area contributed by atoms with Crippen LogP contribution in [0.4, 0.5) is 5.95 Å². The van der Waals surface area contributed by atoms with E-state index in [2.05, 4.69) is 44.9 Å². The summed E-state index contributed by atoms with van der Waals surface area (Å²) in [4.78, 5) is 11.4. The summed E-state index contributed by atoms with van der Waals surface area (Å²) in [5.74, 6) is 1.09. The summed E-state index contributed by atoms with van der Waals surface area (Å²) >= 11 is 0. The summed E-state index contributed by atoms with van der Waals surface area (Å²) in [6.07, 6.45) is 4.86. The van der Waals surface area contributed by atoms with Crippen molar-refractivity contribution in [2.24, 2.45) is 5.92 Å². The highest BCUT2D eigenvalue weighted by Gasteiger charge is 2.22. The summed E-state index contributed by atoms with van der Waals surface area (Å²) in [5, 5.41) is 2.41. The van der Waals surface area contributed by atoms with Crippen molar-refractivity contribution in [1.29, 1.82) is 0 Å². The van der Waals surface area contributed by atoms with Crippen LogP contribution in [0.25, 0.3) is 22.0 Å². The molecule has 146 valence electrons. The molecule has 7 heteroatoms. The topological polar surface area (TPSA) is 75.2 Å². The standard InChI is InChI=1S/C21H24N4O2S/c1-28(26,27)23-15-16-9-12-25(13-10-16)21-22-11-8-20(24-21)19-7-6-17-4-2-3-5-18(17)14-19/h2-8,11,14,16,23H,9-10,12-13,15H2,1H3. The molecular weight excluding hydrogens is 372 g/mol. The van der Waals surface area contributed by atoms with Crippen LogP contribution in [-0.2, 0) is 10.0 Å². The maximum atomic E-state index is 11.3. The van der Waals surface area contributed by atoms with Gasteiger partial charge >= 0.3 is 0 Å². The van der Waals surface area contributed by atoms with E-state index in [9.17, 15) is 8.42 Å². The van der Waals surface area contributed by atoms with Crippen LogP contribution in [0.15, 0.2) is 54.7 Å². The fraction of sp³-hybridized carbons (Fsp3) is 0.333. The Kier molecular flexibility index (Phi) is 5.28. The third-order valence-electron chi connectivity index (χ3n) is 5.22. The molecule has 0 atom stereocenters. The molecule has 0 spiro atoms. The van der Waals surface area contributed by atoms with Crippen molar-refractivity contribution < 1.29 is 8.42 Å². The maximum Gasteiger partial charge on any atom is 0.225 e. The van der Waals surface area contributed by atoms with E-state index in [4.69, 9.17) is 4.98 Å². The monoisotopic (exact) mass is 396 g/mol. The Bertz CT molecular complexity index is 1080.